The van der Waals surface area contributed by atoms with Gasteiger partial charge in [-0.1, -0.05) is 0 Å². The van der Waals surface area contributed by atoms with Crippen molar-refractivity contribution >= 4 is 0 Å². The fraction of sp³-hybridized carbons (Fsp3) is 1.00. The Morgan fingerprint density at radius 1 is 1.00 bits per heavy atom. The third-order valence-electron chi connectivity index (χ3n) is 0.957. The maximum Gasteiger partial charge on any atom is 0 e. The van der Waals surface area contributed by atoms with Crippen LogP contribution in [0, 0.1) is 37.7 Å². The van der Waals surface area contributed by atoms with Crippen molar-refractivity contribution in [1.29, 1.82) is 0 Å². The molecular weight excluding hydrogens is 102 g/mol. The van der Waals surface area contributed by atoms with E-state index >= 15 is 0 Å². The monoisotopic (exact) mass is 111 g/mol. The van der Waals surface area contributed by atoms with Gasteiger partial charge in [0.1, 0.15) is 0 Å². The normalized spacial score (nSPS) is 20.0. The van der Waals surface area contributed by atoms with Gasteiger partial charge < -0.3 is 5.32 Å². The molecule has 0 unspecified atom stereocenters. The SMILES string of the molecule is C1CCNC1.[Ar]. The topological polar surface area (TPSA) is 12.0 Å². The number of rotatable bonds is 0. The summed E-state index contributed by atoms with van der Waals surface area (Å²) < 4.78 is 0. The van der Waals surface area contributed by atoms with Gasteiger partial charge in [-0.3, -0.25) is 0 Å². The summed E-state index contributed by atoms with van der Waals surface area (Å²) in [5.74, 6) is 0. The average Bonchev–Trinajstić information content (AvgIpc) is 1.76. The summed E-state index contributed by atoms with van der Waals surface area (Å²) in [5, 5.41) is 3.22. The van der Waals surface area contributed by atoms with Gasteiger partial charge in [-0.25, -0.2) is 0 Å². The van der Waals surface area contributed by atoms with Gasteiger partial charge in [0.05, 0.1) is 0 Å². The van der Waals surface area contributed by atoms with E-state index in [0.29, 0.717) is 0 Å². The second-order valence-corrected chi connectivity index (χ2v) is 1.46. The van der Waals surface area contributed by atoms with Crippen LogP contribution in [0.15, 0.2) is 0 Å². The molecule has 0 aromatic heterocycles. The minimum Gasteiger partial charge on any atom is -0.317 e. The predicted molar refractivity (Wildman–Crippen MR) is 22.1 cm³/mol. The van der Waals surface area contributed by atoms with Crippen LogP contribution in [0.25, 0.3) is 0 Å². The van der Waals surface area contributed by atoms with Gasteiger partial charge in [0.15, 0.2) is 0 Å². The van der Waals surface area contributed by atoms with Gasteiger partial charge in [0.2, 0.25) is 0 Å². The van der Waals surface area contributed by atoms with Crippen molar-refractivity contribution in [2.24, 2.45) is 0 Å². The van der Waals surface area contributed by atoms with Crippen LogP contribution < -0.4 is 5.32 Å². The van der Waals surface area contributed by atoms with Crippen molar-refractivity contribution in [3.63, 3.8) is 0 Å². The quantitative estimate of drug-likeness (QED) is 0.476. The molecule has 1 aliphatic rings. The third-order valence-corrected chi connectivity index (χ3v) is 0.957. The van der Waals surface area contributed by atoms with Gasteiger partial charge in [0, 0.05) is 37.7 Å². The zero-order chi connectivity index (χ0) is 3.54. The predicted octanol–water partition coefficient (Wildman–Crippen LogP) is 0.370. The second-order valence-electron chi connectivity index (χ2n) is 1.46. The van der Waals surface area contributed by atoms with Crippen molar-refractivity contribution in [3.8, 4) is 0 Å². The van der Waals surface area contributed by atoms with E-state index in [-0.39, 0.29) is 37.7 Å². The van der Waals surface area contributed by atoms with E-state index in [1.165, 1.54) is 25.9 Å². The van der Waals surface area contributed by atoms with Gasteiger partial charge in [0.25, 0.3) is 0 Å². The Kier molecular flexibility index (Phi) is 5.27. The first-order chi connectivity index (χ1) is 2.50. The summed E-state index contributed by atoms with van der Waals surface area (Å²) in [5.41, 5.74) is 0. The first-order valence-corrected chi connectivity index (χ1v) is 2.21. The number of hydrogen-bond donors (Lipinski definition) is 1. The smallest absolute Gasteiger partial charge is 0 e. The molecule has 1 N–H and O–H groups in total. The van der Waals surface area contributed by atoms with Crippen molar-refractivity contribution in [2.75, 3.05) is 13.1 Å². The molecule has 1 saturated heterocycles. The van der Waals surface area contributed by atoms with Crippen molar-refractivity contribution in [2.45, 2.75) is 12.8 Å². The zero-order valence-electron chi connectivity index (χ0n) is 3.68. The molecule has 1 nitrogen and oxygen atoms in total. The zero-order valence-corrected chi connectivity index (χ0v) is 4.39. The van der Waals surface area contributed by atoms with Crippen LogP contribution >= 0.6 is 0 Å². The molecule has 38 valence electrons. The Bertz CT molecular complexity index is 19.1. The third kappa shape index (κ3) is 2.40. The maximum atomic E-state index is 3.22. The molecular formula is C4H9ArN. The van der Waals surface area contributed by atoms with E-state index < -0.39 is 0 Å². The average molecular weight is 111 g/mol. The van der Waals surface area contributed by atoms with Crippen LogP contribution in [0.1, 0.15) is 12.8 Å². The van der Waals surface area contributed by atoms with Crippen molar-refractivity contribution in [3.05, 3.63) is 0 Å². The van der Waals surface area contributed by atoms with Gasteiger partial charge in [-0.15, -0.1) is 0 Å². The Balaban J connectivity index is 0.000000250. The van der Waals surface area contributed by atoms with E-state index in [1.807, 2.05) is 0 Å². The van der Waals surface area contributed by atoms with Crippen LogP contribution in [-0.2, 0) is 0 Å². The first-order valence-electron chi connectivity index (χ1n) is 2.21. The molecule has 6 heavy (non-hydrogen) atoms. The Labute approximate surface area is 68.5 Å². The fourth-order valence-corrected chi connectivity index (χ4v) is 0.625. The Morgan fingerprint density at radius 2 is 1.50 bits per heavy atom. The summed E-state index contributed by atoms with van der Waals surface area (Å²) >= 11 is 0. The minimum absolute atomic E-state index is 0. The largest absolute Gasteiger partial charge is 0.317 e. The molecule has 0 radical (unpaired) electrons. The summed E-state index contributed by atoms with van der Waals surface area (Å²) in [6, 6.07) is 0. The summed E-state index contributed by atoms with van der Waals surface area (Å²) in [7, 11) is 0. The summed E-state index contributed by atoms with van der Waals surface area (Å²) in [4.78, 5) is 0. The van der Waals surface area contributed by atoms with E-state index in [9.17, 15) is 0 Å². The molecule has 0 aromatic carbocycles. The number of nitrogens with one attached hydrogen (secondary N) is 1. The summed E-state index contributed by atoms with van der Waals surface area (Å²) in [6.07, 6.45) is 2.78. The fourth-order valence-electron chi connectivity index (χ4n) is 0.625. The molecule has 0 aliphatic carbocycles. The van der Waals surface area contributed by atoms with E-state index in [4.69, 9.17) is 0 Å². The van der Waals surface area contributed by atoms with Gasteiger partial charge in [-0.2, -0.15) is 0 Å². The minimum atomic E-state index is 0. The molecule has 2 heteroatoms. The van der Waals surface area contributed by atoms with Gasteiger partial charge in [-0.05, 0) is 25.9 Å². The van der Waals surface area contributed by atoms with Crippen LogP contribution in [0.5, 0.6) is 0 Å². The van der Waals surface area contributed by atoms with E-state index in [0.717, 1.165) is 0 Å². The van der Waals surface area contributed by atoms with Crippen molar-refractivity contribution < 1.29 is 37.7 Å². The van der Waals surface area contributed by atoms with Crippen LogP contribution in [-0.4, -0.2) is 13.1 Å². The molecule has 0 bridgehead atoms. The second kappa shape index (κ2) is 4.38. The molecule has 1 fully saturated rings. The Morgan fingerprint density at radius 3 is 1.67 bits per heavy atom. The number of hydrogen-bond acceptors (Lipinski definition) is 1. The van der Waals surface area contributed by atoms with Crippen LogP contribution in [0.3, 0.4) is 0 Å². The molecule has 0 spiro atoms. The molecule has 1 aliphatic heterocycles. The summed E-state index contributed by atoms with van der Waals surface area (Å²) in [6.45, 7) is 2.50. The standard InChI is InChI=1S/C4H9N.Ar/c1-2-4-5-3-1;/h5H,1-4H2;. The molecule has 0 saturated carbocycles. The van der Waals surface area contributed by atoms with Crippen molar-refractivity contribution in [1.82, 2.24) is 5.32 Å². The van der Waals surface area contributed by atoms with E-state index in [2.05, 4.69) is 5.32 Å². The maximum absolute atomic E-state index is 3.22. The van der Waals surface area contributed by atoms with Crippen LogP contribution in [0.4, 0.5) is 0 Å². The van der Waals surface area contributed by atoms with E-state index in [1.54, 1.807) is 0 Å². The first kappa shape index (κ1) is 7.22. The molecule has 1 heterocycles. The molecule has 0 atom stereocenters. The molecule has 1 rings (SSSR count). The van der Waals surface area contributed by atoms with Crippen LogP contribution in [0.2, 0.25) is 0 Å². The molecule has 0 aromatic rings. The Hall–Kier alpha value is 1.22. The van der Waals surface area contributed by atoms with Gasteiger partial charge >= 0.3 is 0 Å². The molecule has 0 amide bonds.